The summed E-state index contributed by atoms with van der Waals surface area (Å²) >= 11 is 0. The van der Waals surface area contributed by atoms with Crippen LogP contribution in [-0.2, 0) is 11.2 Å². The number of nitrogens with one attached hydrogen (secondary N) is 2. The van der Waals surface area contributed by atoms with E-state index in [1.54, 1.807) is 24.3 Å². The van der Waals surface area contributed by atoms with Crippen LogP contribution < -0.4 is 10.6 Å². The van der Waals surface area contributed by atoms with Crippen molar-refractivity contribution >= 4 is 17.5 Å². The fraction of sp³-hybridized carbons (Fsp3) is 0.481. The monoisotopic (exact) mass is 467 g/mol. The van der Waals surface area contributed by atoms with Crippen molar-refractivity contribution in [3.63, 3.8) is 0 Å². The lowest BCUT2D eigenvalue weighted by atomic mass is 9.89. The van der Waals surface area contributed by atoms with Gasteiger partial charge in [0, 0.05) is 30.9 Å². The maximum atomic E-state index is 13.2. The van der Waals surface area contributed by atoms with E-state index in [0.29, 0.717) is 36.3 Å². The quantitative estimate of drug-likeness (QED) is 0.588. The van der Waals surface area contributed by atoms with E-state index in [9.17, 15) is 14.0 Å². The van der Waals surface area contributed by atoms with E-state index < -0.39 is 0 Å². The van der Waals surface area contributed by atoms with E-state index >= 15 is 0 Å². The number of ketones is 1. The Labute approximate surface area is 200 Å². The molecule has 0 saturated carbocycles. The molecule has 0 aliphatic carbocycles. The molecular weight excluding hydrogens is 433 g/mol. The van der Waals surface area contributed by atoms with Crippen LogP contribution in [0.2, 0.25) is 0 Å². The second-order valence-electron chi connectivity index (χ2n) is 9.56. The SMILES string of the molecule is CC(=O)c1cccc(NC(=O)N[C@@H]2COCC[C@H]2CN2CCCC(Cc3ccc(F)cc3)C2)c1. The largest absolute Gasteiger partial charge is 0.379 e. The topological polar surface area (TPSA) is 70.7 Å². The van der Waals surface area contributed by atoms with Crippen LogP contribution in [0.15, 0.2) is 48.5 Å². The Morgan fingerprint density at radius 1 is 1.15 bits per heavy atom. The molecule has 2 heterocycles. The first kappa shape index (κ1) is 24.4. The highest BCUT2D eigenvalue weighted by Crippen LogP contribution is 2.24. The number of rotatable bonds is 7. The van der Waals surface area contributed by atoms with Gasteiger partial charge in [-0.3, -0.25) is 4.79 Å². The Morgan fingerprint density at radius 3 is 2.76 bits per heavy atom. The number of halogens is 1. The Kier molecular flexibility index (Phi) is 8.29. The molecule has 2 aliphatic rings. The molecule has 7 heteroatoms. The van der Waals surface area contributed by atoms with E-state index in [1.807, 2.05) is 12.1 Å². The number of piperidine rings is 1. The Morgan fingerprint density at radius 2 is 1.97 bits per heavy atom. The zero-order valence-electron chi connectivity index (χ0n) is 19.8. The van der Waals surface area contributed by atoms with E-state index in [4.69, 9.17) is 4.74 Å². The third-order valence-corrected chi connectivity index (χ3v) is 6.88. The van der Waals surface area contributed by atoms with Gasteiger partial charge in [-0.05, 0) is 80.8 Å². The fourth-order valence-corrected chi connectivity index (χ4v) is 5.08. The summed E-state index contributed by atoms with van der Waals surface area (Å²) in [6.07, 6.45) is 4.21. The van der Waals surface area contributed by atoms with Gasteiger partial charge in [-0.25, -0.2) is 9.18 Å². The fourth-order valence-electron chi connectivity index (χ4n) is 5.08. The van der Waals surface area contributed by atoms with Crippen LogP contribution in [0.1, 0.15) is 42.1 Å². The summed E-state index contributed by atoms with van der Waals surface area (Å²) in [4.78, 5) is 26.8. The van der Waals surface area contributed by atoms with Crippen molar-refractivity contribution in [2.75, 3.05) is 38.2 Å². The van der Waals surface area contributed by atoms with Gasteiger partial charge in [-0.15, -0.1) is 0 Å². The number of carbonyl (C=O) groups excluding carboxylic acids is 2. The number of hydrogen-bond acceptors (Lipinski definition) is 4. The van der Waals surface area contributed by atoms with Gasteiger partial charge in [-0.1, -0.05) is 24.3 Å². The van der Waals surface area contributed by atoms with Crippen LogP contribution in [0.3, 0.4) is 0 Å². The second kappa shape index (κ2) is 11.6. The molecule has 2 aliphatic heterocycles. The lowest BCUT2D eigenvalue weighted by Crippen LogP contribution is -2.52. The van der Waals surface area contributed by atoms with Gasteiger partial charge in [-0.2, -0.15) is 0 Å². The number of amides is 2. The molecule has 4 rings (SSSR count). The lowest BCUT2D eigenvalue weighted by molar-refractivity contribution is 0.0215. The summed E-state index contributed by atoms with van der Waals surface area (Å²) in [5.74, 6) is 0.640. The van der Waals surface area contributed by atoms with Crippen molar-refractivity contribution < 1.29 is 18.7 Å². The van der Waals surface area contributed by atoms with Crippen molar-refractivity contribution in [1.82, 2.24) is 10.2 Å². The predicted octanol–water partition coefficient (Wildman–Crippen LogP) is 4.51. The summed E-state index contributed by atoms with van der Waals surface area (Å²) in [5.41, 5.74) is 2.35. The molecule has 3 atom stereocenters. The normalized spacial score (nSPS) is 23.3. The van der Waals surface area contributed by atoms with E-state index in [0.717, 1.165) is 38.9 Å². The number of nitrogens with zero attached hydrogens (tertiary/aromatic N) is 1. The molecule has 0 radical (unpaired) electrons. The third kappa shape index (κ3) is 6.87. The molecule has 182 valence electrons. The zero-order valence-corrected chi connectivity index (χ0v) is 19.8. The average molecular weight is 468 g/mol. The molecule has 2 fully saturated rings. The third-order valence-electron chi connectivity index (χ3n) is 6.88. The Hall–Kier alpha value is -2.77. The van der Waals surface area contributed by atoms with Gasteiger partial charge in [0.25, 0.3) is 0 Å². The second-order valence-corrected chi connectivity index (χ2v) is 9.56. The van der Waals surface area contributed by atoms with Crippen molar-refractivity contribution in [3.05, 3.63) is 65.5 Å². The summed E-state index contributed by atoms with van der Waals surface area (Å²) in [6.45, 7) is 5.72. The summed E-state index contributed by atoms with van der Waals surface area (Å²) in [6, 6.07) is 13.5. The van der Waals surface area contributed by atoms with Crippen molar-refractivity contribution in [2.24, 2.45) is 11.8 Å². The summed E-state index contributed by atoms with van der Waals surface area (Å²) in [7, 11) is 0. The van der Waals surface area contributed by atoms with Crippen LogP contribution in [0.4, 0.5) is 14.9 Å². The van der Waals surface area contributed by atoms with Gasteiger partial charge in [0.05, 0.1) is 12.6 Å². The van der Waals surface area contributed by atoms with Crippen molar-refractivity contribution in [1.29, 1.82) is 0 Å². The molecule has 6 nitrogen and oxygen atoms in total. The molecule has 34 heavy (non-hydrogen) atoms. The van der Waals surface area contributed by atoms with E-state index in [-0.39, 0.29) is 23.7 Å². The minimum Gasteiger partial charge on any atom is -0.379 e. The van der Waals surface area contributed by atoms with Crippen molar-refractivity contribution in [3.8, 4) is 0 Å². The van der Waals surface area contributed by atoms with Gasteiger partial charge in [0.15, 0.2) is 5.78 Å². The highest BCUT2D eigenvalue weighted by atomic mass is 19.1. The van der Waals surface area contributed by atoms with Crippen LogP contribution in [0.25, 0.3) is 0 Å². The summed E-state index contributed by atoms with van der Waals surface area (Å²) < 4.78 is 18.9. The van der Waals surface area contributed by atoms with Gasteiger partial charge in [0.1, 0.15) is 5.82 Å². The van der Waals surface area contributed by atoms with Gasteiger partial charge >= 0.3 is 6.03 Å². The minimum absolute atomic E-state index is 0.0379. The number of anilines is 1. The van der Waals surface area contributed by atoms with Gasteiger partial charge < -0.3 is 20.3 Å². The van der Waals surface area contributed by atoms with Crippen LogP contribution >= 0.6 is 0 Å². The maximum absolute atomic E-state index is 13.2. The van der Waals surface area contributed by atoms with Crippen LogP contribution in [0.5, 0.6) is 0 Å². The molecule has 2 amide bonds. The van der Waals surface area contributed by atoms with Crippen molar-refractivity contribution in [2.45, 2.75) is 38.6 Å². The average Bonchev–Trinajstić information content (AvgIpc) is 2.82. The zero-order chi connectivity index (χ0) is 23.9. The van der Waals surface area contributed by atoms with E-state index in [1.165, 1.54) is 31.0 Å². The number of hydrogen-bond donors (Lipinski definition) is 2. The Bertz CT molecular complexity index is 981. The molecule has 2 aromatic rings. The highest BCUT2D eigenvalue weighted by Gasteiger charge is 2.30. The molecule has 2 N–H and O–H groups in total. The van der Waals surface area contributed by atoms with E-state index in [2.05, 4.69) is 15.5 Å². The number of likely N-dealkylation sites (tertiary alicyclic amines) is 1. The minimum atomic E-state index is -0.283. The molecular formula is C27H34FN3O3. The molecule has 2 aromatic carbocycles. The Balaban J connectivity index is 1.30. The first-order chi connectivity index (χ1) is 16.5. The smallest absolute Gasteiger partial charge is 0.319 e. The first-order valence-electron chi connectivity index (χ1n) is 12.2. The molecule has 1 unspecified atom stereocenters. The number of benzene rings is 2. The van der Waals surface area contributed by atoms with Crippen LogP contribution in [-0.4, -0.2) is 55.6 Å². The molecule has 0 aromatic heterocycles. The number of ether oxygens (including phenoxy) is 1. The molecule has 2 saturated heterocycles. The first-order valence-corrected chi connectivity index (χ1v) is 12.2. The van der Waals surface area contributed by atoms with Gasteiger partial charge in [0.2, 0.25) is 0 Å². The molecule has 0 spiro atoms. The lowest BCUT2D eigenvalue weighted by Gasteiger charge is -2.39. The summed E-state index contributed by atoms with van der Waals surface area (Å²) in [5, 5.41) is 5.94. The number of urea groups is 1. The predicted molar refractivity (Wildman–Crippen MR) is 131 cm³/mol. The maximum Gasteiger partial charge on any atom is 0.319 e. The van der Waals surface area contributed by atoms with Crippen LogP contribution in [0, 0.1) is 17.7 Å². The standard InChI is InChI=1S/C27H34FN3O3/c1-19(32)22-5-2-6-25(15-22)29-27(33)30-26-18-34-13-11-23(26)17-31-12-3-4-21(16-31)14-20-7-9-24(28)10-8-20/h2,5-10,15,21,23,26H,3-4,11-14,16-18H2,1H3,(H2,29,30,33)/t21?,23-,26+/m0/s1. The molecule has 0 bridgehead atoms. The number of Topliss-reactive ketones (excluding diaryl/α,β-unsaturated/α-hetero) is 1. The highest BCUT2D eigenvalue weighted by molar-refractivity contribution is 5.96. The number of carbonyl (C=O) groups is 2.